The zero-order valence-electron chi connectivity index (χ0n) is 14.6. The van der Waals surface area contributed by atoms with Crippen LogP contribution in [-0.4, -0.2) is 11.1 Å². The number of ether oxygens (including phenoxy) is 1. The maximum absolute atomic E-state index is 6.25. The highest BCUT2D eigenvalue weighted by molar-refractivity contribution is 5.82. The van der Waals surface area contributed by atoms with Crippen LogP contribution in [0.4, 0.5) is 0 Å². The fourth-order valence-corrected chi connectivity index (χ4v) is 3.88. The van der Waals surface area contributed by atoms with E-state index in [0.717, 1.165) is 11.7 Å². The lowest BCUT2D eigenvalue weighted by molar-refractivity contribution is 0.129. The van der Waals surface area contributed by atoms with E-state index in [-0.39, 0.29) is 0 Å². The van der Waals surface area contributed by atoms with Crippen LogP contribution in [0.15, 0.2) is 67.0 Å². The van der Waals surface area contributed by atoms with E-state index in [2.05, 4.69) is 53.5 Å². The Morgan fingerprint density at radius 1 is 0.880 bits per heavy atom. The van der Waals surface area contributed by atoms with Gasteiger partial charge in [-0.1, -0.05) is 30.3 Å². The zero-order chi connectivity index (χ0) is 16.9. The first-order valence-electron chi connectivity index (χ1n) is 9.41. The molecule has 2 heteroatoms. The molecule has 128 valence electrons. The lowest BCUT2D eigenvalue weighted by Gasteiger charge is -2.29. The molecular weight excluding hydrogens is 306 g/mol. The van der Waals surface area contributed by atoms with Crippen molar-refractivity contribution >= 4 is 10.8 Å². The van der Waals surface area contributed by atoms with Crippen LogP contribution in [0.1, 0.15) is 37.7 Å². The molecule has 0 radical (unpaired) electrons. The molecule has 0 bridgehead atoms. The van der Waals surface area contributed by atoms with Crippen LogP contribution in [0.5, 0.6) is 5.75 Å². The molecule has 1 saturated carbocycles. The summed E-state index contributed by atoms with van der Waals surface area (Å²) in [6.07, 6.45) is 11.5. The molecule has 25 heavy (non-hydrogen) atoms. The summed E-state index contributed by atoms with van der Waals surface area (Å²) in [5.74, 6) is 1.84. The Morgan fingerprint density at radius 2 is 1.72 bits per heavy atom. The van der Waals surface area contributed by atoms with Crippen LogP contribution in [0.3, 0.4) is 0 Å². The summed E-state index contributed by atoms with van der Waals surface area (Å²) in [7, 11) is 0. The molecule has 3 aromatic rings. The van der Waals surface area contributed by atoms with Crippen molar-refractivity contribution in [3.63, 3.8) is 0 Å². The maximum atomic E-state index is 6.25. The summed E-state index contributed by atoms with van der Waals surface area (Å²) < 4.78 is 6.25. The van der Waals surface area contributed by atoms with Gasteiger partial charge in [-0.2, -0.15) is 0 Å². The molecule has 0 aliphatic heterocycles. The fourth-order valence-electron chi connectivity index (χ4n) is 3.88. The van der Waals surface area contributed by atoms with E-state index < -0.39 is 0 Å². The number of hydrogen-bond donors (Lipinski definition) is 0. The topological polar surface area (TPSA) is 22.1 Å². The lowest BCUT2D eigenvalue weighted by atomic mass is 9.84. The Balaban J connectivity index is 1.28. The van der Waals surface area contributed by atoms with Gasteiger partial charge in [-0.05, 0) is 79.7 Å². The lowest BCUT2D eigenvalue weighted by Crippen LogP contribution is -2.24. The molecule has 1 fully saturated rings. The van der Waals surface area contributed by atoms with Gasteiger partial charge in [0.1, 0.15) is 5.75 Å². The van der Waals surface area contributed by atoms with Gasteiger partial charge in [0.2, 0.25) is 0 Å². The van der Waals surface area contributed by atoms with Crippen molar-refractivity contribution < 1.29 is 4.74 Å². The number of benzene rings is 2. The standard InChI is InChI=1S/C23H25NO/c1-2-4-18(5-3-1)6-7-19-8-11-22(12-9-19)25-23-13-10-21-17-24-15-14-20(21)16-23/h1-5,10,13-17,19,22H,6-9,11-12H2. The third-order valence-electron chi connectivity index (χ3n) is 5.39. The van der Waals surface area contributed by atoms with Gasteiger partial charge < -0.3 is 4.74 Å². The quantitative estimate of drug-likeness (QED) is 0.589. The van der Waals surface area contributed by atoms with E-state index in [1.54, 1.807) is 0 Å². The number of aryl methyl sites for hydroxylation is 1. The monoisotopic (exact) mass is 331 g/mol. The average molecular weight is 331 g/mol. The van der Waals surface area contributed by atoms with Gasteiger partial charge in [0, 0.05) is 17.8 Å². The van der Waals surface area contributed by atoms with Crippen molar-refractivity contribution in [2.45, 2.75) is 44.6 Å². The van der Waals surface area contributed by atoms with Crippen LogP contribution >= 0.6 is 0 Å². The Bertz CT molecular complexity index is 806. The van der Waals surface area contributed by atoms with Gasteiger partial charge in [0.05, 0.1) is 6.10 Å². The number of hydrogen-bond acceptors (Lipinski definition) is 2. The zero-order valence-corrected chi connectivity index (χ0v) is 14.6. The number of rotatable bonds is 5. The molecule has 0 saturated heterocycles. The minimum Gasteiger partial charge on any atom is -0.490 e. The summed E-state index contributed by atoms with van der Waals surface area (Å²) >= 11 is 0. The number of nitrogens with zero attached hydrogens (tertiary/aromatic N) is 1. The Hall–Kier alpha value is -2.35. The molecule has 1 aliphatic carbocycles. The molecule has 0 amide bonds. The average Bonchev–Trinajstić information content (AvgIpc) is 2.68. The maximum Gasteiger partial charge on any atom is 0.120 e. The Kier molecular flexibility index (Phi) is 4.96. The molecular formula is C23H25NO. The molecule has 1 aliphatic rings. The summed E-state index contributed by atoms with van der Waals surface area (Å²) in [5.41, 5.74) is 1.46. The SMILES string of the molecule is c1ccc(CCC2CCC(Oc3ccc4cnccc4c3)CC2)cc1. The summed E-state index contributed by atoms with van der Waals surface area (Å²) in [4.78, 5) is 4.17. The summed E-state index contributed by atoms with van der Waals surface area (Å²) in [5, 5.41) is 2.36. The van der Waals surface area contributed by atoms with Crippen LogP contribution in [-0.2, 0) is 6.42 Å². The van der Waals surface area contributed by atoms with E-state index in [1.165, 1.54) is 54.9 Å². The Morgan fingerprint density at radius 3 is 2.56 bits per heavy atom. The highest BCUT2D eigenvalue weighted by atomic mass is 16.5. The first-order chi connectivity index (χ1) is 12.4. The van der Waals surface area contributed by atoms with E-state index in [9.17, 15) is 0 Å². The summed E-state index contributed by atoms with van der Waals surface area (Å²) in [6.45, 7) is 0. The van der Waals surface area contributed by atoms with Crippen molar-refractivity contribution in [2.75, 3.05) is 0 Å². The van der Waals surface area contributed by atoms with Crippen LogP contribution in [0.2, 0.25) is 0 Å². The molecule has 0 N–H and O–H groups in total. The first kappa shape index (κ1) is 16.1. The smallest absolute Gasteiger partial charge is 0.120 e. The highest BCUT2D eigenvalue weighted by Gasteiger charge is 2.22. The molecule has 0 spiro atoms. The van der Waals surface area contributed by atoms with Gasteiger partial charge in [-0.3, -0.25) is 4.98 Å². The van der Waals surface area contributed by atoms with E-state index in [1.807, 2.05) is 18.5 Å². The van der Waals surface area contributed by atoms with Crippen molar-refractivity contribution in [3.8, 4) is 5.75 Å². The second-order valence-corrected chi connectivity index (χ2v) is 7.17. The molecule has 0 unspecified atom stereocenters. The van der Waals surface area contributed by atoms with Gasteiger partial charge in [-0.15, -0.1) is 0 Å². The van der Waals surface area contributed by atoms with Gasteiger partial charge >= 0.3 is 0 Å². The summed E-state index contributed by atoms with van der Waals surface area (Å²) in [6, 6.07) is 19.2. The minimum absolute atomic E-state index is 0.368. The van der Waals surface area contributed by atoms with Gasteiger partial charge in [0.15, 0.2) is 0 Å². The molecule has 1 heterocycles. The molecule has 1 aromatic heterocycles. The Labute approximate surface area is 149 Å². The molecule has 2 nitrogen and oxygen atoms in total. The van der Waals surface area contributed by atoms with E-state index in [4.69, 9.17) is 4.74 Å². The van der Waals surface area contributed by atoms with Crippen LogP contribution in [0, 0.1) is 5.92 Å². The normalized spacial score (nSPS) is 20.5. The predicted octanol–water partition coefficient (Wildman–Crippen LogP) is 5.81. The molecule has 4 rings (SSSR count). The number of aromatic nitrogens is 1. The number of pyridine rings is 1. The van der Waals surface area contributed by atoms with Gasteiger partial charge in [0.25, 0.3) is 0 Å². The number of fused-ring (bicyclic) bond motifs is 1. The minimum atomic E-state index is 0.368. The second kappa shape index (κ2) is 7.69. The predicted molar refractivity (Wildman–Crippen MR) is 103 cm³/mol. The van der Waals surface area contributed by atoms with Crippen molar-refractivity contribution in [3.05, 3.63) is 72.6 Å². The largest absolute Gasteiger partial charge is 0.490 e. The second-order valence-electron chi connectivity index (χ2n) is 7.17. The third kappa shape index (κ3) is 4.19. The van der Waals surface area contributed by atoms with Crippen molar-refractivity contribution in [2.24, 2.45) is 5.92 Å². The van der Waals surface area contributed by atoms with Crippen molar-refractivity contribution in [1.29, 1.82) is 0 Å². The first-order valence-corrected chi connectivity index (χ1v) is 9.41. The van der Waals surface area contributed by atoms with Crippen molar-refractivity contribution in [1.82, 2.24) is 4.98 Å². The van der Waals surface area contributed by atoms with Crippen LogP contribution < -0.4 is 4.74 Å². The van der Waals surface area contributed by atoms with Crippen LogP contribution in [0.25, 0.3) is 10.8 Å². The highest BCUT2D eigenvalue weighted by Crippen LogP contribution is 2.31. The van der Waals surface area contributed by atoms with Gasteiger partial charge in [-0.25, -0.2) is 0 Å². The third-order valence-corrected chi connectivity index (χ3v) is 5.39. The molecule has 0 atom stereocenters. The van der Waals surface area contributed by atoms with E-state index in [0.29, 0.717) is 6.10 Å². The molecule has 2 aromatic carbocycles. The van der Waals surface area contributed by atoms with E-state index >= 15 is 0 Å². The fraction of sp³-hybridized carbons (Fsp3) is 0.348.